The lowest BCUT2D eigenvalue weighted by Gasteiger charge is -2.36. The van der Waals surface area contributed by atoms with Crippen LogP contribution in [0.3, 0.4) is 0 Å². The molecule has 2 fully saturated rings. The Balaban J connectivity index is 1.26. The number of piperidine rings is 1. The Kier molecular flexibility index (Phi) is 6.31. The van der Waals surface area contributed by atoms with E-state index in [1.165, 1.54) is 11.3 Å². The Morgan fingerprint density at radius 3 is 2.59 bits per heavy atom. The third-order valence-electron chi connectivity index (χ3n) is 5.18. The maximum absolute atomic E-state index is 12.6. The molecule has 3 amide bonds. The van der Waals surface area contributed by atoms with Crippen molar-refractivity contribution in [1.82, 2.24) is 30.1 Å². The van der Waals surface area contributed by atoms with Crippen LogP contribution in [0.25, 0.3) is 0 Å². The van der Waals surface area contributed by atoms with E-state index in [9.17, 15) is 9.59 Å². The van der Waals surface area contributed by atoms with Crippen LogP contribution in [0.4, 0.5) is 4.79 Å². The van der Waals surface area contributed by atoms with Gasteiger partial charge in [0.2, 0.25) is 0 Å². The van der Waals surface area contributed by atoms with Gasteiger partial charge < -0.3 is 19.9 Å². The molecule has 0 spiro atoms. The molecule has 4 heterocycles. The molecule has 0 aliphatic carbocycles. The lowest BCUT2D eigenvalue weighted by Crippen LogP contribution is -2.50. The molecule has 0 saturated carbocycles. The Morgan fingerprint density at radius 2 is 1.90 bits per heavy atom. The topological polar surface area (TPSA) is 92.6 Å². The lowest BCUT2D eigenvalue weighted by molar-refractivity contribution is 0.0400. The standard InChI is InChI=1S/C18H23ClN6O3S/c19-16-2-1-15(29-16)17(26)20-11-13-12-25(22-21-13)14-3-5-23(6-4-14)18(27)24-7-9-28-10-8-24/h1-2,12,14H,3-11H2,(H,20,26). The Morgan fingerprint density at radius 1 is 1.17 bits per heavy atom. The number of nitrogens with zero attached hydrogens (tertiary/aromatic N) is 5. The highest BCUT2D eigenvalue weighted by Gasteiger charge is 2.28. The predicted molar refractivity (Wildman–Crippen MR) is 108 cm³/mol. The van der Waals surface area contributed by atoms with Gasteiger partial charge in [-0.2, -0.15) is 0 Å². The number of hydrogen-bond acceptors (Lipinski definition) is 6. The summed E-state index contributed by atoms with van der Waals surface area (Å²) in [7, 11) is 0. The van der Waals surface area contributed by atoms with Gasteiger partial charge in [0, 0.05) is 26.2 Å². The molecule has 2 aromatic heterocycles. The summed E-state index contributed by atoms with van der Waals surface area (Å²) in [5, 5.41) is 11.2. The van der Waals surface area contributed by atoms with Gasteiger partial charge in [0.25, 0.3) is 5.91 Å². The number of urea groups is 1. The van der Waals surface area contributed by atoms with Crippen molar-refractivity contribution >= 4 is 34.9 Å². The van der Waals surface area contributed by atoms with Crippen molar-refractivity contribution in [2.45, 2.75) is 25.4 Å². The summed E-state index contributed by atoms with van der Waals surface area (Å²) in [6.07, 6.45) is 3.53. The van der Waals surface area contributed by atoms with Gasteiger partial charge in [-0.05, 0) is 25.0 Å². The summed E-state index contributed by atoms with van der Waals surface area (Å²) in [5.74, 6) is -0.175. The number of rotatable bonds is 4. The van der Waals surface area contributed by atoms with Gasteiger partial charge >= 0.3 is 6.03 Å². The van der Waals surface area contributed by atoms with Crippen LogP contribution in [0.15, 0.2) is 18.3 Å². The molecule has 2 aliphatic heterocycles. The van der Waals surface area contributed by atoms with Gasteiger partial charge in [-0.25, -0.2) is 9.48 Å². The van der Waals surface area contributed by atoms with E-state index in [1.807, 2.05) is 20.7 Å². The van der Waals surface area contributed by atoms with Crippen molar-refractivity contribution in [2.24, 2.45) is 0 Å². The SMILES string of the molecule is O=C(NCc1cn(C2CCN(C(=O)N3CCOCC3)CC2)nn1)c1ccc(Cl)s1. The minimum atomic E-state index is -0.175. The first-order chi connectivity index (χ1) is 14.1. The number of aromatic nitrogens is 3. The first kappa shape index (κ1) is 20.1. The van der Waals surface area contributed by atoms with Crippen LogP contribution < -0.4 is 5.32 Å². The summed E-state index contributed by atoms with van der Waals surface area (Å²) >= 11 is 7.11. The number of halogens is 1. The van der Waals surface area contributed by atoms with Crippen molar-refractivity contribution in [3.8, 4) is 0 Å². The lowest BCUT2D eigenvalue weighted by atomic mass is 10.1. The largest absolute Gasteiger partial charge is 0.378 e. The quantitative estimate of drug-likeness (QED) is 0.788. The van der Waals surface area contributed by atoms with E-state index in [4.69, 9.17) is 16.3 Å². The number of carbonyl (C=O) groups is 2. The van der Waals surface area contributed by atoms with Crippen molar-refractivity contribution < 1.29 is 14.3 Å². The second-order valence-corrected chi connectivity index (χ2v) is 8.79. The van der Waals surface area contributed by atoms with Crippen LogP contribution in [-0.2, 0) is 11.3 Å². The van der Waals surface area contributed by atoms with E-state index >= 15 is 0 Å². The van der Waals surface area contributed by atoms with Crippen LogP contribution in [0.5, 0.6) is 0 Å². The first-order valence-electron chi connectivity index (χ1n) is 9.66. The predicted octanol–water partition coefficient (Wildman–Crippen LogP) is 2.01. The van der Waals surface area contributed by atoms with Crippen molar-refractivity contribution in [3.05, 3.63) is 33.2 Å². The number of likely N-dealkylation sites (tertiary alicyclic amines) is 1. The maximum atomic E-state index is 12.6. The van der Waals surface area contributed by atoms with Crippen LogP contribution in [-0.4, -0.2) is 76.1 Å². The molecule has 2 aliphatic rings. The molecule has 2 aromatic rings. The number of hydrogen-bond donors (Lipinski definition) is 1. The van der Waals surface area contributed by atoms with Crippen molar-refractivity contribution in [2.75, 3.05) is 39.4 Å². The molecule has 0 unspecified atom stereocenters. The molecule has 1 N–H and O–H groups in total. The molecule has 0 atom stereocenters. The first-order valence-corrected chi connectivity index (χ1v) is 10.9. The van der Waals surface area contributed by atoms with Gasteiger partial charge in [0.1, 0.15) is 5.69 Å². The number of ether oxygens (including phenoxy) is 1. The summed E-state index contributed by atoms with van der Waals surface area (Å²) in [5.41, 5.74) is 0.702. The third-order valence-corrected chi connectivity index (χ3v) is 6.41. The van der Waals surface area contributed by atoms with Gasteiger partial charge in [-0.3, -0.25) is 4.79 Å². The molecule has 0 radical (unpaired) electrons. The van der Waals surface area contributed by atoms with E-state index in [0.717, 1.165) is 12.8 Å². The molecule has 9 nitrogen and oxygen atoms in total. The van der Waals surface area contributed by atoms with Gasteiger partial charge in [0.15, 0.2) is 0 Å². The number of carbonyl (C=O) groups excluding carboxylic acids is 2. The highest BCUT2D eigenvalue weighted by molar-refractivity contribution is 7.17. The van der Waals surface area contributed by atoms with E-state index in [2.05, 4.69) is 15.6 Å². The van der Waals surface area contributed by atoms with E-state index in [1.54, 1.807) is 12.1 Å². The minimum Gasteiger partial charge on any atom is -0.378 e. The summed E-state index contributed by atoms with van der Waals surface area (Å²) < 4.78 is 7.74. The summed E-state index contributed by atoms with van der Waals surface area (Å²) in [6, 6.07) is 3.71. The van der Waals surface area contributed by atoms with Gasteiger partial charge in [-0.15, -0.1) is 16.4 Å². The minimum absolute atomic E-state index is 0.0995. The fourth-order valence-electron chi connectivity index (χ4n) is 3.54. The van der Waals surface area contributed by atoms with E-state index < -0.39 is 0 Å². The second kappa shape index (κ2) is 9.10. The number of nitrogens with one attached hydrogen (secondary N) is 1. The molecule has 11 heteroatoms. The fraction of sp³-hybridized carbons (Fsp3) is 0.556. The molecule has 4 rings (SSSR count). The molecule has 156 valence electrons. The van der Waals surface area contributed by atoms with Crippen LogP contribution in [0.1, 0.15) is 34.2 Å². The Bertz CT molecular complexity index is 857. The molecule has 0 bridgehead atoms. The van der Waals surface area contributed by atoms with Crippen LogP contribution in [0, 0.1) is 0 Å². The Labute approximate surface area is 177 Å². The molecule has 29 heavy (non-hydrogen) atoms. The zero-order valence-electron chi connectivity index (χ0n) is 15.9. The highest BCUT2D eigenvalue weighted by atomic mass is 35.5. The number of morpholine rings is 1. The van der Waals surface area contributed by atoms with Crippen molar-refractivity contribution in [1.29, 1.82) is 0 Å². The van der Waals surface area contributed by atoms with Crippen LogP contribution in [0.2, 0.25) is 4.34 Å². The zero-order valence-corrected chi connectivity index (χ0v) is 17.5. The molecular weight excluding hydrogens is 416 g/mol. The average Bonchev–Trinajstić information content (AvgIpc) is 3.41. The molecular formula is C18H23ClN6O3S. The smallest absolute Gasteiger partial charge is 0.320 e. The van der Waals surface area contributed by atoms with Crippen molar-refractivity contribution in [3.63, 3.8) is 0 Å². The third kappa shape index (κ3) is 4.88. The zero-order chi connectivity index (χ0) is 20.2. The highest BCUT2D eigenvalue weighted by Crippen LogP contribution is 2.23. The average molecular weight is 439 g/mol. The molecule has 0 aromatic carbocycles. The van der Waals surface area contributed by atoms with E-state index in [0.29, 0.717) is 60.8 Å². The van der Waals surface area contributed by atoms with Gasteiger partial charge in [0.05, 0.1) is 41.2 Å². The van der Waals surface area contributed by atoms with Crippen LogP contribution >= 0.6 is 22.9 Å². The summed E-state index contributed by atoms with van der Waals surface area (Å²) in [6.45, 7) is 4.25. The number of thiophene rings is 1. The monoisotopic (exact) mass is 438 g/mol. The second-order valence-electron chi connectivity index (χ2n) is 7.08. The fourth-order valence-corrected chi connectivity index (χ4v) is 4.50. The summed E-state index contributed by atoms with van der Waals surface area (Å²) in [4.78, 5) is 29.0. The Hall–Kier alpha value is -2.17. The van der Waals surface area contributed by atoms with E-state index in [-0.39, 0.29) is 18.0 Å². The molecule has 2 saturated heterocycles. The normalized spacial score (nSPS) is 18.1. The maximum Gasteiger partial charge on any atom is 0.320 e. The number of amides is 3. The van der Waals surface area contributed by atoms with Gasteiger partial charge in [-0.1, -0.05) is 16.8 Å².